The molecule has 2 N–H and O–H groups in total. The lowest BCUT2D eigenvalue weighted by atomic mass is 9.97. The van der Waals surface area contributed by atoms with Crippen molar-refractivity contribution in [1.82, 2.24) is 5.32 Å². The smallest absolute Gasteiger partial charge is 0.0460 e. The van der Waals surface area contributed by atoms with E-state index < -0.39 is 0 Å². The minimum absolute atomic E-state index is 0.334. The molecule has 0 amide bonds. The number of nitrogens with zero attached hydrogens (tertiary/aromatic N) is 1. The minimum Gasteiger partial charge on any atom is -0.396 e. The highest BCUT2D eigenvalue weighted by molar-refractivity contribution is 7.10. The van der Waals surface area contributed by atoms with Gasteiger partial charge >= 0.3 is 0 Å². The van der Waals surface area contributed by atoms with E-state index in [2.05, 4.69) is 59.8 Å². The number of aryl methyl sites for hydroxylation is 1. The fraction of sp³-hybridized carbons (Fsp3) is 0.500. The Bertz CT molecular complexity index is 629. The molecule has 1 unspecified atom stereocenters. The number of nitrogens with one attached hydrogen (secondary N) is 1. The number of aliphatic hydroxyl groups is 1. The summed E-state index contributed by atoms with van der Waals surface area (Å²) in [5.41, 5.74) is 4.00. The van der Waals surface area contributed by atoms with E-state index in [-0.39, 0.29) is 0 Å². The zero-order chi connectivity index (χ0) is 16.9. The van der Waals surface area contributed by atoms with Crippen LogP contribution in [0.3, 0.4) is 0 Å². The van der Waals surface area contributed by atoms with Crippen LogP contribution in [0.1, 0.15) is 41.8 Å². The number of anilines is 1. The van der Waals surface area contributed by atoms with Crippen molar-refractivity contribution < 1.29 is 5.11 Å². The van der Waals surface area contributed by atoms with Gasteiger partial charge in [0.25, 0.3) is 0 Å². The van der Waals surface area contributed by atoms with Gasteiger partial charge in [-0.1, -0.05) is 12.1 Å². The van der Waals surface area contributed by atoms with E-state index in [1.54, 1.807) is 0 Å². The molecule has 0 saturated carbocycles. The van der Waals surface area contributed by atoms with Gasteiger partial charge in [-0.25, -0.2) is 0 Å². The monoisotopic (exact) mass is 344 g/mol. The molecule has 130 valence electrons. The summed E-state index contributed by atoms with van der Waals surface area (Å²) < 4.78 is 0. The number of hydrogen-bond donors (Lipinski definition) is 2. The van der Waals surface area contributed by atoms with Crippen molar-refractivity contribution in [3.8, 4) is 0 Å². The molecule has 24 heavy (non-hydrogen) atoms. The van der Waals surface area contributed by atoms with Crippen LogP contribution in [0.2, 0.25) is 0 Å². The third kappa shape index (κ3) is 4.18. The molecule has 1 atom stereocenters. The van der Waals surface area contributed by atoms with Gasteiger partial charge in [-0.2, -0.15) is 0 Å². The Balaban J connectivity index is 1.52. The van der Waals surface area contributed by atoms with Crippen molar-refractivity contribution in [2.75, 3.05) is 24.6 Å². The maximum atomic E-state index is 9.25. The third-order valence-corrected chi connectivity index (χ3v) is 6.28. The summed E-state index contributed by atoms with van der Waals surface area (Å²) in [6.07, 6.45) is 2.19. The summed E-state index contributed by atoms with van der Waals surface area (Å²) in [4.78, 5) is 3.86. The number of piperidine rings is 1. The summed E-state index contributed by atoms with van der Waals surface area (Å²) in [6.45, 7) is 7.75. The first-order valence-electron chi connectivity index (χ1n) is 8.89. The van der Waals surface area contributed by atoms with Gasteiger partial charge in [-0.05, 0) is 67.3 Å². The zero-order valence-electron chi connectivity index (χ0n) is 14.7. The first-order valence-corrected chi connectivity index (χ1v) is 9.77. The van der Waals surface area contributed by atoms with Crippen molar-refractivity contribution in [1.29, 1.82) is 0 Å². The fourth-order valence-corrected chi connectivity index (χ4v) is 4.35. The van der Waals surface area contributed by atoms with Crippen molar-refractivity contribution in [3.63, 3.8) is 0 Å². The Hall–Kier alpha value is -1.36. The van der Waals surface area contributed by atoms with E-state index in [9.17, 15) is 5.11 Å². The molecule has 1 aromatic heterocycles. The van der Waals surface area contributed by atoms with E-state index in [1.807, 2.05) is 11.3 Å². The molecule has 0 bridgehead atoms. The Morgan fingerprint density at radius 1 is 1.21 bits per heavy atom. The molecular weight excluding hydrogens is 316 g/mol. The summed E-state index contributed by atoms with van der Waals surface area (Å²) >= 11 is 1.83. The molecule has 0 spiro atoms. The van der Waals surface area contributed by atoms with Crippen LogP contribution in [0.15, 0.2) is 35.7 Å². The second kappa shape index (κ2) is 8.15. The van der Waals surface area contributed by atoms with Gasteiger partial charge in [0.15, 0.2) is 0 Å². The van der Waals surface area contributed by atoms with Crippen LogP contribution in [0.4, 0.5) is 5.69 Å². The van der Waals surface area contributed by atoms with Crippen LogP contribution >= 0.6 is 11.3 Å². The number of thiophene rings is 1. The van der Waals surface area contributed by atoms with Gasteiger partial charge in [0.05, 0.1) is 0 Å². The number of benzene rings is 1. The third-order valence-electron chi connectivity index (χ3n) is 5.08. The van der Waals surface area contributed by atoms with Crippen molar-refractivity contribution in [3.05, 3.63) is 51.7 Å². The Morgan fingerprint density at radius 2 is 1.92 bits per heavy atom. The highest BCUT2D eigenvalue weighted by Gasteiger charge is 2.18. The summed E-state index contributed by atoms with van der Waals surface area (Å²) in [5.74, 6) is 0.493. The van der Waals surface area contributed by atoms with Crippen LogP contribution in [-0.2, 0) is 6.54 Å². The van der Waals surface area contributed by atoms with Crippen LogP contribution in [0.25, 0.3) is 0 Å². The van der Waals surface area contributed by atoms with Gasteiger partial charge in [-0.3, -0.25) is 0 Å². The number of rotatable bonds is 6. The van der Waals surface area contributed by atoms with E-state index in [4.69, 9.17) is 0 Å². The average Bonchev–Trinajstić information content (AvgIpc) is 3.06. The Labute approximate surface area is 149 Å². The maximum Gasteiger partial charge on any atom is 0.0460 e. The molecule has 4 heteroatoms. The molecule has 0 radical (unpaired) electrons. The molecule has 0 aliphatic carbocycles. The minimum atomic E-state index is 0.334. The molecule has 2 heterocycles. The van der Waals surface area contributed by atoms with Gasteiger partial charge in [0.2, 0.25) is 0 Å². The summed E-state index contributed by atoms with van der Waals surface area (Å²) in [6, 6.07) is 11.5. The number of aliphatic hydroxyl groups excluding tert-OH is 1. The highest BCUT2D eigenvalue weighted by Crippen LogP contribution is 2.25. The summed E-state index contributed by atoms with van der Waals surface area (Å²) in [5, 5.41) is 15.0. The summed E-state index contributed by atoms with van der Waals surface area (Å²) in [7, 11) is 0. The molecule has 1 saturated heterocycles. The predicted octanol–water partition coefficient (Wildman–Crippen LogP) is 4.12. The molecule has 3 nitrogen and oxygen atoms in total. The van der Waals surface area contributed by atoms with E-state index >= 15 is 0 Å². The van der Waals surface area contributed by atoms with Crippen molar-refractivity contribution in [2.45, 2.75) is 39.3 Å². The lowest BCUT2D eigenvalue weighted by molar-refractivity contribution is 0.203. The van der Waals surface area contributed by atoms with Gasteiger partial charge in [0.1, 0.15) is 0 Å². The van der Waals surface area contributed by atoms with Crippen molar-refractivity contribution in [2.24, 2.45) is 5.92 Å². The van der Waals surface area contributed by atoms with E-state index in [1.165, 1.54) is 21.7 Å². The zero-order valence-corrected chi connectivity index (χ0v) is 15.5. The van der Waals surface area contributed by atoms with Crippen molar-refractivity contribution >= 4 is 17.0 Å². The maximum absolute atomic E-state index is 9.25. The van der Waals surface area contributed by atoms with E-state index in [0.29, 0.717) is 18.6 Å². The first-order chi connectivity index (χ1) is 11.7. The molecule has 1 aromatic carbocycles. The quantitative estimate of drug-likeness (QED) is 0.827. The average molecular weight is 345 g/mol. The van der Waals surface area contributed by atoms with Gasteiger partial charge in [0, 0.05) is 42.8 Å². The lowest BCUT2D eigenvalue weighted by Crippen LogP contribution is -2.34. The van der Waals surface area contributed by atoms with Crippen LogP contribution < -0.4 is 10.2 Å². The largest absolute Gasteiger partial charge is 0.396 e. The Kier molecular flexibility index (Phi) is 5.93. The lowest BCUT2D eigenvalue weighted by Gasteiger charge is -2.33. The Morgan fingerprint density at radius 3 is 2.50 bits per heavy atom. The van der Waals surface area contributed by atoms with Gasteiger partial charge < -0.3 is 15.3 Å². The van der Waals surface area contributed by atoms with E-state index in [0.717, 1.165) is 32.5 Å². The van der Waals surface area contributed by atoms with Gasteiger partial charge in [-0.15, -0.1) is 11.3 Å². The molecule has 2 aromatic rings. The number of hydrogen-bond acceptors (Lipinski definition) is 4. The second-order valence-corrected chi connectivity index (χ2v) is 7.80. The molecule has 1 aliphatic heterocycles. The first kappa shape index (κ1) is 17.5. The second-order valence-electron chi connectivity index (χ2n) is 6.85. The molecule has 3 rings (SSSR count). The normalized spacial score (nSPS) is 17.2. The fourth-order valence-electron chi connectivity index (χ4n) is 3.39. The van der Waals surface area contributed by atoms with Crippen LogP contribution in [-0.4, -0.2) is 24.8 Å². The standard InChI is InChI=1S/C20H28N2OS/c1-15-9-12-24-20(15)16(2)21-13-17-3-5-19(6-4-17)22-10-7-18(14-23)8-11-22/h3-6,9,12,16,18,21,23H,7-8,10-11,13-14H2,1-2H3. The predicted molar refractivity (Wildman–Crippen MR) is 103 cm³/mol. The highest BCUT2D eigenvalue weighted by atomic mass is 32.1. The van der Waals surface area contributed by atoms with Crippen LogP contribution in [0.5, 0.6) is 0 Å². The SMILES string of the molecule is Cc1ccsc1C(C)NCc1ccc(N2CCC(CO)CC2)cc1. The topological polar surface area (TPSA) is 35.5 Å². The molecule has 1 fully saturated rings. The van der Waals surface area contributed by atoms with Crippen LogP contribution in [0, 0.1) is 12.8 Å². The molecule has 1 aliphatic rings. The molecular formula is C20H28N2OS.